The van der Waals surface area contributed by atoms with E-state index in [2.05, 4.69) is 16.3 Å². The molecule has 0 atom stereocenters. The summed E-state index contributed by atoms with van der Waals surface area (Å²) in [6.45, 7) is 8.21. The van der Waals surface area contributed by atoms with E-state index in [1.807, 2.05) is 13.0 Å². The second-order valence-electron chi connectivity index (χ2n) is 6.75. The molecule has 0 bridgehead atoms. The molecule has 3 rings (SSSR count). The molecule has 0 radical (unpaired) electrons. The molecular weight excluding hydrogens is 347 g/mol. The van der Waals surface area contributed by atoms with Gasteiger partial charge in [-0.3, -0.25) is 4.90 Å². The quantitative estimate of drug-likeness (QED) is 0.850. The van der Waals surface area contributed by atoms with Crippen molar-refractivity contribution in [3.05, 3.63) is 22.7 Å². The maximum absolute atomic E-state index is 6.37. The highest BCUT2D eigenvalue weighted by molar-refractivity contribution is 6.32. The highest BCUT2D eigenvalue weighted by Crippen LogP contribution is 2.40. The minimum absolute atomic E-state index is 0. The van der Waals surface area contributed by atoms with Crippen LogP contribution in [0.2, 0.25) is 5.02 Å². The third kappa shape index (κ3) is 4.29. The maximum atomic E-state index is 6.37. The monoisotopic (exact) mass is 374 g/mol. The molecule has 2 heterocycles. The van der Waals surface area contributed by atoms with E-state index in [0.717, 1.165) is 25.4 Å². The molecule has 0 aromatic heterocycles. The van der Waals surface area contributed by atoms with E-state index in [1.54, 1.807) is 7.11 Å². The van der Waals surface area contributed by atoms with Crippen LogP contribution in [-0.4, -0.2) is 44.8 Å². The average molecular weight is 375 g/mol. The van der Waals surface area contributed by atoms with Crippen molar-refractivity contribution in [3.63, 3.8) is 0 Å². The summed E-state index contributed by atoms with van der Waals surface area (Å²) in [7, 11) is 1.63. The molecule has 0 unspecified atom stereocenters. The highest BCUT2D eigenvalue weighted by Gasteiger charge is 2.38. The van der Waals surface area contributed by atoms with Crippen molar-refractivity contribution in [2.24, 2.45) is 5.41 Å². The van der Waals surface area contributed by atoms with E-state index in [-0.39, 0.29) is 12.4 Å². The Balaban J connectivity index is 0.00000208. The van der Waals surface area contributed by atoms with Crippen molar-refractivity contribution in [2.75, 3.05) is 39.9 Å². The van der Waals surface area contributed by atoms with Crippen LogP contribution < -0.4 is 14.8 Å². The Kier molecular flexibility index (Phi) is 7.05. The van der Waals surface area contributed by atoms with Crippen LogP contribution in [0.1, 0.15) is 31.7 Å². The van der Waals surface area contributed by atoms with E-state index in [9.17, 15) is 0 Å². The highest BCUT2D eigenvalue weighted by atomic mass is 35.5. The SMILES string of the molecule is CCOc1cc(CN2CCC3(CCNCC3)C2)cc(Cl)c1OC.Cl. The molecule has 2 aliphatic rings. The standard InChI is InChI=1S/C18H27ClN2O2.ClH/c1-3-23-16-11-14(10-15(19)17(16)22-2)12-21-9-6-18(13-21)4-7-20-8-5-18;/h10-11,20H,3-9,12-13H2,1-2H3;1H. The van der Waals surface area contributed by atoms with Crippen LogP contribution in [0.15, 0.2) is 12.1 Å². The number of nitrogens with one attached hydrogen (secondary N) is 1. The van der Waals surface area contributed by atoms with E-state index in [0.29, 0.717) is 22.8 Å². The Morgan fingerprint density at radius 2 is 2.00 bits per heavy atom. The third-order valence-corrected chi connectivity index (χ3v) is 5.44. The Morgan fingerprint density at radius 3 is 2.67 bits per heavy atom. The second kappa shape index (κ2) is 8.61. The van der Waals surface area contributed by atoms with Crippen molar-refractivity contribution in [1.29, 1.82) is 0 Å². The van der Waals surface area contributed by atoms with E-state index in [1.165, 1.54) is 37.9 Å². The third-order valence-electron chi connectivity index (χ3n) is 5.16. The van der Waals surface area contributed by atoms with Gasteiger partial charge in [-0.05, 0) is 68.9 Å². The van der Waals surface area contributed by atoms with Crippen molar-refractivity contribution in [1.82, 2.24) is 10.2 Å². The molecule has 2 aliphatic heterocycles. The second-order valence-corrected chi connectivity index (χ2v) is 7.16. The minimum atomic E-state index is 0. The topological polar surface area (TPSA) is 33.7 Å². The number of hydrogen-bond donors (Lipinski definition) is 1. The fourth-order valence-electron chi connectivity index (χ4n) is 3.96. The van der Waals surface area contributed by atoms with Crippen molar-refractivity contribution in [2.45, 2.75) is 32.7 Å². The van der Waals surface area contributed by atoms with Crippen molar-refractivity contribution in [3.8, 4) is 11.5 Å². The molecule has 1 aromatic carbocycles. The van der Waals surface area contributed by atoms with Gasteiger partial charge in [0.1, 0.15) is 0 Å². The lowest BCUT2D eigenvalue weighted by Crippen LogP contribution is -2.38. The fourth-order valence-corrected chi connectivity index (χ4v) is 4.27. The molecule has 4 nitrogen and oxygen atoms in total. The predicted molar refractivity (Wildman–Crippen MR) is 101 cm³/mol. The molecule has 0 saturated carbocycles. The van der Waals surface area contributed by atoms with Crippen LogP contribution in [0.3, 0.4) is 0 Å². The normalized spacial score (nSPS) is 20.0. The van der Waals surface area contributed by atoms with Gasteiger partial charge in [-0.2, -0.15) is 0 Å². The Hall–Kier alpha value is -0.680. The largest absolute Gasteiger partial charge is 0.491 e. The van der Waals surface area contributed by atoms with Crippen LogP contribution in [0.4, 0.5) is 0 Å². The zero-order chi connectivity index (χ0) is 16.3. The van der Waals surface area contributed by atoms with Gasteiger partial charge in [0.05, 0.1) is 18.7 Å². The van der Waals surface area contributed by atoms with Crippen molar-refractivity contribution < 1.29 is 9.47 Å². The molecule has 24 heavy (non-hydrogen) atoms. The molecule has 0 aliphatic carbocycles. The summed E-state index contributed by atoms with van der Waals surface area (Å²) >= 11 is 6.37. The summed E-state index contributed by atoms with van der Waals surface area (Å²) in [5, 5.41) is 4.10. The first-order valence-electron chi connectivity index (χ1n) is 8.58. The number of likely N-dealkylation sites (tertiary alicyclic amines) is 1. The Labute approximate surface area is 156 Å². The summed E-state index contributed by atoms with van der Waals surface area (Å²) in [6.07, 6.45) is 3.92. The molecule has 2 fully saturated rings. The molecular formula is C18H28Cl2N2O2. The maximum Gasteiger partial charge on any atom is 0.179 e. The van der Waals surface area contributed by atoms with Gasteiger partial charge in [-0.1, -0.05) is 11.6 Å². The van der Waals surface area contributed by atoms with Gasteiger partial charge in [-0.15, -0.1) is 12.4 Å². The molecule has 0 amide bonds. The van der Waals surface area contributed by atoms with Gasteiger partial charge in [-0.25, -0.2) is 0 Å². The summed E-state index contributed by atoms with van der Waals surface area (Å²) in [5.41, 5.74) is 1.73. The zero-order valence-corrected chi connectivity index (χ0v) is 16.1. The van der Waals surface area contributed by atoms with Gasteiger partial charge in [0, 0.05) is 13.1 Å². The van der Waals surface area contributed by atoms with Gasteiger partial charge in [0.15, 0.2) is 11.5 Å². The van der Waals surface area contributed by atoms with E-state index < -0.39 is 0 Å². The number of piperidine rings is 1. The van der Waals surface area contributed by atoms with Crippen LogP contribution in [0.5, 0.6) is 11.5 Å². The van der Waals surface area contributed by atoms with Crippen LogP contribution in [0, 0.1) is 5.41 Å². The fraction of sp³-hybridized carbons (Fsp3) is 0.667. The van der Waals surface area contributed by atoms with E-state index in [4.69, 9.17) is 21.1 Å². The lowest BCUT2D eigenvalue weighted by molar-refractivity contribution is 0.194. The first-order valence-corrected chi connectivity index (χ1v) is 8.96. The summed E-state index contributed by atoms with van der Waals surface area (Å²) in [4.78, 5) is 2.55. The lowest BCUT2D eigenvalue weighted by atomic mass is 9.78. The molecule has 1 spiro atoms. The van der Waals surface area contributed by atoms with Crippen LogP contribution >= 0.6 is 24.0 Å². The number of hydrogen-bond acceptors (Lipinski definition) is 4. The first kappa shape index (κ1) is 19.6. The van der Waals surface area contributed by atoms with Gasteiger partial charge in [0.2, 0.25) is 0 Å². The van der Waals surface area contributed by atoms with Crippen molar-refractivity contribution >= 4 is 24.0 Å². The number of halogens is 2. The first-order chi connectivity index (χ1) is 11.2. The minimum Gasteiger partial charge on any atom is -0.491 e. The molecule has 2 saturated heterocycles. The summed E-state index contributed by atoms with van der Waals surface area (Å²) in [6, 6.07) is 4.08. The van der Waals surface area contributed by atoms with Crippen LogP contribution in [-0.2, 0) is 6.54 Å². The predicted octanol–water partition coefficient (Wildman–Crippen LogP) is 3.74. The van der Waals surface area contributed by atoms with Gasteiger partial charge < -0.3 is 14.8 Å². The molecule has 1 N–H and O–H groups in total. The van der Waals surface area contributed by atoms with Gasteiger partial charge >= 0.3 is 0 Å². The molecule has 6 heteroatoms. The summed E-state index contributed by atoms with van der Waals surface area (Å²) in [5.74, 6) is 1.38. The Bertz CT molecular complexity index is 548. The smallest absolute Gasteiger partial charge is 0.179 e. The lowest BCUT2D eigenvalue weighted by Gasteiger charge is -2.34. The number of methoxy groups -OCH3 is 1. The molecule has 1 aromatic rings. The summed E-state index contributed by atoms with van der Waals surface area (Å²) < 4.78 is 11.1. The Morgan fingerprint density at radius 1 is 1.25 bits per heavy atom. The number of benzene rings is 1. The van der Waals surface area contributed by atoms with Crippen LogP contribution in [0.25, 0.3) is 0 Å². The number of rotatable bonds is 5. The molecule has 136 valence electrons. The van der Waals surface area contributed by atoms with Gasteiger partial charge in [0.25, 0.3) is 0 Å². The average Bonchev–Trinajstić information content (AvgIpc) is 2.90. The number of ether oxygens (including phenoxy) is 2. The number of nitrogens with zero attached hydrogens (tertiary/aromatic N) is 1. The van der Waals surface area contributed by atoms with E-state index >= 15 is 0 Å². The zero-order valence-electron chi connectivity index (χ0n) is 14.6.